The Morgan fingerprint density at radius 2 is 1.67 bits per heavy atom. The second-order valence-electron chi connectivity index (χ2n) is 7.74. The zero-order valence-corrected chi connectivity index (χ0v) is 20.4. The summed E-state index contributed by atoms with van der Waals surface area (Å²) >= 11 is 11.8. The fourth-order valence-corrected chi connectivity index (χ4v) is 3.69. The molecule has 0 aliphatic carbocycles. The van der Waals surface area contributed by atoms with Crippen LogP contribution in [0.3, 0.4) is 0 Å². The Morgan fingerprint density at radius 3 is 2.44 bits per heavy atom. The van der Waals surface area contributed by atoms with Crippen LogP contribution < -0.4 is 15.5 Å². The van der Waals surface area contributed by atoms with E-state index in [1.54, 1.807) is 24.3 Å². The summed E-state index contributed by atoms with van der Waals surface area (Å²) in [6.45, 7) is 1.88. The van der Waals surface area contributed by atoms with E-state index in [0.29, 0.717) is 21.8 Å². The fourth-order valence-electron chi connectivity index (χ4n) is 3.40. The molecule has 0 aliphatic heterocycles. The molecule has 4 rings (SSSR count). The van der Waals surface area contributed by atoms with Crippen molar-refractivity contribution in [3.63, 3.8) is 0 Å². The van der Waals surface area contributed by atoms with Crippen molar-refractivity contribution in [2.75, 3.05) is 5.32 Å². The predicted molar refractivity (Wildman–Crippen MR) is 141 cm³/mol. The largest absolute Gasteiger partial charge is 0.422 e. The Labute approximate surface area is 216 Å². The number of anilines is 1. The number of nitrogens with one attached hydrogen (secondary N) is 2. The van der Waals surface area contributed by atoms with Gasteiger partial charge in [0.05, 0.1) is 21.8 Å². The Morgan fingerprint density at radius 1 is 0.861 bits per heavy atom. The van der Waals surface area contributed by atoms with E-state index in [9.17, 15) is 14.4 Å². The average Bonchev–Trinajstić information content (AvgIpc) is 2.87. The van der Waals surface area contributed by atoms with Gasteiger partial charge in [0.15, 0.2) is 0 Å². The summed E-state index contributed by atoms with van der Waals surface area (Å²) in [7, 11) is 0. The summed E-state index contributed by atoms with van der Waals surface area (Å²) in [6.07, 6.45) is 1.32. The van der Waals surface area contributed by atoms with E-state index in [-0.39, 0.29) is 10.8 Å². The third kappa shape index (κ3) is 5.89. The van der Waals surface area contributed by atoms with Crippen LogP contribution in [-0.2, 0) is 9.59 Å². The molecule has 0 bridgehead atoms. The molecule has 0 atom stereocenters. The number of benzene rings is 4. The Hall–Kier alpha value is -4.20. The molecule has 2 amide bonds. The van der Waals surface area contributed by atoms with Crippen molar-refractivity contribution in [1.82, 2.24) is 5.43 Å². The maximum absolute atomic E-state index is 12.7. The number of amides is 2. The van der Waals surface area contributed by atoms with Gasteiger partial charge in [-0.2, -0.15) is 5.10 Å². The summed E-state index contributed by atoms with van der Waals surface area (Å²) in [5.74, 6) is -2.24. The molecule has 7 nitrogen and oxygen atoms in total. The molecule has 4 aromatic carbocycles. The number of aryl methyl sites for hydroxylation is 1. The minimum Gasteiger partial charge on any atom is -0.422 e. The highest BCUT2D eigenvalue weighted by atomic mass is 35.5. The van der Waals surface area contributed by atoms with Crippen LogP contribution in [0.2, 0.25) is 10.0 Å². The molecular weight excluding hydrogens is 501 g/mol. The highest BCUT2D eigenvalue weighted by molar-refractivity contribution is 6.43. The predicted octanol–water partition coefficient (Wildman–Crippen LogP) is 5.76. The highest BCUT2D eigenvalue weighted by Crippen LogP contribution is 2.28. The zero-order chi connectivity index (χ0) is 25.7. The molecule has 0 fully saturated rings. The number of hydrogen-bond acceptors (Lipinski definition) is 5. The van der Waals surface area contributed by atoms with Crippen LogP contribution in [0.25, 0.3) is 10.8 Å². The molecule has 4 aromatic rings. The van der Waals surface area contributed by atoms with E-state index in [0.717, 1.165) is 16.3 Å². The van der Waals surface area contributed by atoms with Crippen LogP contribution in [0, 0.1) is 6.92 Å². The van der Waals surface area contributed by atoms with Gasteiger partial charge in [0, 0.05) is 11.3 Å². The number of esters is 1. The number of carbonyl (C=O) groups is 3. The van der Waals surface area contributed by atoms with Crippen LogP contribution in [0.1, 0.15) is 21.5 Å². The van der Waals surface area contributed by atoms with E-state index in [1.807, 2.05) is 43.3 Å². The summed E-state index contributed by atoms with van der Waals surface area (Å²) in [5.41, 5.74) is 4.26. The number of nitrogens with zero attached hydrogens (tertiary/aromatic N) is 1. The van der Waals surface area contributed by atoms with E-state index in [4.69, 9.17) is 27.9 Å². The quantitative estimate of drug-likeness (QED) is 0.115. The van der Waals surface area contributed by atoms with Crippen LogP contribution in [0.15, 0.2) is 84.0 Å². The number of hydrazone groups is 1. The lowest BCUT2D eigenvalue weighted by molar-refractivity contribution is -0.136. The van der Waals surface area contributed by atoms with Crippen molar-refractivity contribution in [2.45, 2.75) is 6.92 Å². The monoisotopic (exact) mass is 519 g/mol. The van der Waals surface area contributed by atoms with Gasteiger partial charge in [-0.25, -0.2) is 10.2 Å². The van der Waals surface area contributed by atoms with Crippen molar-refractivity contribution in [3.05, 3.63) is 106 Å². The molecule has 0 heterocycles. The SMILES string of the molecule is Cc1cccc(C(=O)Oc2ccc3ccccc3c2/C=N/NC(=O)C(=O)Nc2ccc(Cl)c(Cl)c2)c1. The Kier molecular flexibility index (Phi) is 7.63. The lowest BCUT2D eigenvalue weighted by Crippen LogP contribution is -2.32. The van der Waals surface area contributed by atoms with Gasteiger partial charge in [-0.3, -0.25) is 9.59 Å². The first kappa shape index (κ1) is 24.9. The number of ether oxygens (including phenoxy) is 1. The van der Waals surface area contributed by atoms with Gasteiger partial charge in [0.25, 0.3) is 0 Å². The molecule has 0 radical (unpaired) electrons. The van der Waals surface area contributed by atoms with Crippen molar-refractivity contribution in [3.8, 4) is 5.75 Å². The van der Waals surface area contributed by atoms with Gasteiger partial charge in [-0.05, 0) is 54.1 Å². The Bertz CT molecular complexity index is 1520. The number of carbonyl (C=O) groups excluding carboxylic acids is 3. The van der Waals surface area contributed by atoms with Crippen molar-refractivity contribution in [1.29, 1.82) is 0 Å². The molecule has 0 spiro atoms. The minimum absolute atomic E-state index is 0.233. The molecular formula is C27H19Cl2N3O4. The minimum atomic E-state index is -1.00. The van der Waals surface area contributed by atoms with Crippen molar-refractivity contribution < 1.29 is 19.1 Å². The third-order valence-corrected chi connectivity index (χ3v) is 5.87. The van der Waals surface area contributed by atoms with Gasteiger partial charge in [-0.1, -0.05) is 71.2 Å². The van der Waals surface area contributed by atoms with E-state index < -0.39 is 17.8 Å². The summed E-state index contributed by atoms with van der Waals surface area (Å²) < 4.78 is 5.65. The third-order valence-electron chi connectivity index (χ3n) is 5.13. The van der Waals surface area contributed by atoms with Gasteiger partial charge in [-0.15, -0.1) is 0 Å². The van der Waals surface area contributed by atoms with Crippen molar-refractivity contribution >= 4 is 63.7 Å². The maximum Gasteiger partial charge on any atom is 0.343 e. The number of hydrogen-bond donors (Lipinski definition) is 2. The Balaban J connectivity index is 1.53. The first-order valence-electron chi connectivity index (χ1n) is 10.7. The van der Waals surface area contributed by atoms with E-state index >= 15 is 0 Å². The molecule has 9 heteroatoms. The van der Waals surface area contributed by atoms with Crippen LogP contribution in [-0.4, -0.2) is 24.0 Å². The lowest BCUT2D eigenvalue weighted by atomic mass is 10.0. The molecule has 0 aliphatic rings. The van der Waals surface area contributed by atoms with Crippen LogP contribution in [0.5, 0.6) is 5.75 Å². The first-order chi connectivity index (χ1) is 17.3. The zero-order valence-electron chi connectivity index (χ0n) is 18.9. The second-order valence-corrected chi connectivity index (χ2v) is 8.55. The topological polar surface area (TPSA) is 96.9 Å². The average molecular weight is 520 g/mol. The number of fused-ring (bicyclic) bond motifs is 1. The van der Waals surface area contributed by atoms with Gasteiger partial charge >= 0.3 is 17.8 Å². The van der Waals surface area contributed by atoms with Gasteiger partial charge in [0.2, 0.25) is 0 Å². The molecule has 0 saturated carbocycles. The number of halogens is 2. The molecule has 2 N–H and O–H groups in total. The smallest absolute Gasteiger partial charge is 0.343 e. The highest BCUT2D eigenvalue weighted by Gasteiger charge is 2.16. The molecule has 0 saturated heterocycles. The maximum atomic E-state index is 12.7. The fraction of sp³-hybridized carbons (Fsp3) is 0.0370. The summed E-state index contributed by atoms with van der Waals surface area (Å²) in [6, 6.07) is 22.4. The summed E-state index contributed by atoms with van der Waals surface area (Å²) in [5, 5.41) is 8.49. The standard InChI is InChI=1S/C27H19Cl2N3O4/c1-16-5-4-7-18(13-16)27(35)36-24-12-9-17-6-2-3-8-20(17)21(24)15-30-32-26(34)25(33)31-19-10-11-22(28)23(29)14-19/h2-15H,1H3,(H,31,33)(H,32,34)/b30-15+. The van der Waals surface area contributed by atoms with E-state index in [2.05, 4.69) is 15.8 Å². The van der Waals surface area contributed by atoms with Crippen LogP contribution in [0.4, 0.5) is 5.69 Å². The number of rotatable bonds is 5. The van der Waals surface area contributed by atoms with Crippen LogP contribution >= 0.6 is 23.2 Å². The molecule has 180 valence electrons. The molecule has 0 unspecified atom stereocenters. The summed E-state index contributed by atoms with van der Waals surface area (Å²) in [4.78, 5) is 37.2. The van der Waals surface area contributed by atoms with E-state index in [1.165, 1.54) is 24.4 Å². The first-order valence-corrected chi connectivity index (χ1v) is 11.5. The van der Waals surface area contributed by atoms with Crippen molar-refractivity contribution in [2.24, 2.45) is 5.10 Å². The second kappa shape index (κ2) is 11.0. The molecule has 0 aromatic heterocycles. The van der Waals surface area contributed by atoms with Gasteiger partial charge < -0.3 is 10.1 Å². The lowest BCUT2D eigenvalue weighted by Gasteiger charge is -2.11. The van der Waals surface area contributed by atoms with Gasteiger partial charge in [0.1, 0.15) is 5.75 Å². The molecule has 36 heavy (non-hydrogen) atoms. The normalized spacial score (nSPS) is 10.9.